The van der Waals surface area contributed by atoms with Crippen molar-refractivity contribution in [1.29, 1.82) is 0 Å². The lowest BCUT2D eigenvalue weighted by molar-refractivity contribution is -0.130. The quantitative estimate of drug-likeness (QED) is 0.467. The third-order valence-electron chi connectivity index (χ3n) is 5.49. The highest BCUT2D eigenvalue weighted by Crippen LogP contribution is 2.21. The molecule has 1 aliphatic rings. The number of rotatable bonds is 7. The van der Waals surface area contributed by atoms with Crippen LogP contribution in [-0.4, -0.2) is 39.8 Å². The molecule has 0 bridgehead atoms. The topological polar surface area (TPSA) is 84.4 Å². The average Bonchev–Trinajstić information content (AvgIpc) is 3.28. The third kappa shape index (κ3) is 6.65. The Morgan fingerprint density at radius 3 is 2.79 bits per heavy atom. The van der Waals surface area contributed by atoms with Crippen molar-refractivity contribution in [2.24, 2.45) is 5.92 Å². The number of carbonyl (C=O) groups is 2. The van der Waals surface area contributed by atoms with E-state index in [2.05, 4.69) is 15.3 Å². The van der Waals surface area contributed by atoms with E-state index in [0.29, 0.717) is 43.4 Å². The van der Waals surface area contributed by atoms with Crippen molar-refractivity contribution in [2.45, 2.75) is 26.4 Å². The lowest BCUT2D eigenvalue weighted by Gasteiger charge is -2.30. The van der Waals surface area contributed by atoms with Gasteiger partial charge in [-0.15, -0.1) is 11.3 Å². The van der Waals surface area contributed by atoms with Crippen molar-refractivity contribution in [3.63, 3.8) is 0 Å². The summed E-state index contributed by atoms with van der Waals surface area (Å²) in [5.41, 5.74) is 1.78. The minimum absolute atomic E-state index is 0.0671. The second-order valence-corrected chi connectivity index (χ2v) is 9.50. The number of carbonyl (C=O) groups excluding carboxylic acids is 2. The number of nitrogens with zero attached hydrogens (tertiary/aromatic N) is 3. The maximum absolute atomic E-state index is 12.6. The monoisotopic (exact) mass is 496 g/mol. The maximum Gasteiger partial charge on any atom is 0.246 e. The van der Waals surface area contributed by atoms with Gasteiger partial charge in [0.2, 0.25) is 11.8 Å². The van der Waals surface area contributed by atoms with Crippen LogP contribution in [0.15, 0.2) is 54.1 Å². The first-order valence-corrected chi connectivity index (χ1v) is 12.3. The molecule has 9 heteroatoms. The van der Waals surface area contributed by atoms with Crippen LogP contribution in [0.3, 0.4) is 0 Å². The highest BCUT2D eigenvalue weighted by molar-refractivity contribution is 7.09. The molecule has 0 saturated carbocycles. The normalized spacial score (nSPS) is 14.4. The van der Waals surface area contributed by atoms with Crippen molar-refractivity contribution < 1.29 is 14.3 Å². The number of pyridine rings is 1. The Bertz CT molecular complexity index is 1170. The fraction of sp³-hybridized carbons (Fsp3) is 0.280. The van der Waals surface area contributed by atoms with E-state index < -0.39 is 0 Å². The SMILES string of the molecule is Cc1nc(COc2cccc(C=CC(=O)N3CCC(C(=O)Nc4ccc(Cl)cn4)CC3)c2)cs1. The van der Waals surface area contributed by atoms with Crippen LogP contribution in [0.25, 0.3) is 6.08 Å². The van der Waals surface area contributed by atoms with E-state index in [4.69, 9.17) is 16.3 Å². The predicted molar refractivity (Wildman–Crippen MR) is 134 cm³/mol. The average molecular weight is 497 g/mol. The Balaban J connectivity index is 1.25. The summed E-state index contributed by atoms with van der Waals surface area (Å²) in [5, 5.41) is 6.33. The molecule has 0 radical (unpaired) electrons. The fourth-order valence-electron chi connectivity index (χ4n) is 3.65. The van der Waals surface area contributed by atoms with Crippen LogP contribution < -0.4 is 10.1 Å². The molecule has 176 valence electrons. The Hall–Kier alpha value is -3.23. The second kappa shape index (κ2) is 11.3. The third-order valence-corrected chi connectivity index (χ3v) is 6.53. The van der Waals surface area contributed by atoms with Crippen molar-refractivity contribution >= 4 is 46.6 Å². The highest BCUT2D eigenvalue weighted by atomic mass is 35.5. The number of benzene rings is 1. The van der Waals surface area contributed by atoms with E-state index in [-0.39, 0.29) is 17.7 Å². The summed E-state index contributed by atoms with van der Waals surface area (Å²) in [7, 11) is 0. The Morgan fingerprint density at radius 1 is 1.26 bits per heavy atom. The second-order valence-electron chi connectivity index (χ2n) is 8.00. The number of halogens is 1. The van der Waals surface area contributed by atoms with Crippen LogP contribution in [0.5, 0.6) is 5.75 Å². The summed E-state index contributed by atoms with van der Waals surface area (Å²) in [5.74, 6) is 0.899. The van der Waals surface area contributed by atoms with Gasteiger partial charge in [0.15, 0.2) is 0 Å². The van der Waals surface area contributed by atoms with Crippen molar-refractivity contribution in [1.82, 2.24) is 14.9 Å². The van der Waals surface area contributed by atoms with Gasteiger partial charge in [0, 0.05) is 36.7 Å². The van der Waals surface area contributed by atoms with Gasteiger partial charge in [0.05, 0.1) is 15.7 Å². The molecule has 0 unspecified atom stereocenters. The molecule has 0 aliphatic carbocycles. The summed E-state index contributed by atoms with van der Waals surface area (Å²) < 4.78 is 5.82. The van der Waals surface area contributed by atoms with E-state index in [1.807, 2.05) is 36.6 Å². The minimum Gasteiger partial charge on any atom is -0.487 e. The lowest BCUT2D eigenvalue weighted by Crippen LogP contribution is -2.40. The molecule has 1 fully saturated rings. The Labute approximate surface area is 207 Å². The van der Waals surface area contributed by atoms with Gasteiger partial charge < -0.3 is 15.0 Å². The van der Waals surface area contributed by atoms with E-state index in [9.17, 15) is 9.59 Å². The summed E-state index contributed by atoms with van der Waals surface area (Å²) in [6.07, 6.45) is 6.07. The number of ether oxygens (including phenoxy) is 1. The molecule has 1 aromatic carbocycles. The molecule has 1 aliphatic heterocycles. The van der Waals surface area contributed by atoms with Crippen LogP contribution in [0.2, 0.25) is 5.02 Å². The number of aromatic nitrogens is 2. The van der Waals surface area contributed by atoms with Gasteiger partial charge in [-0.3, -0.25) is 9.59 Å². The van der Waals surface area contributed by atoms with Gasteiger partial charge in [-0.25, -0.2) is 9.97 Å². The number of anilines is 1. The van der Waals surface area contributed by atoms with Gasteiger partial charge in [0.25, 0.3) is 0 Å². The first-order chi connectivity index (χ1) is 16.5. The van der Waals surface area contributed by atoms with E-state index in [1.165, 1.54) is 6.20 Å². The van der Waals surface area contributed by atoms with E-state index in [0.717, 1.165) is 22.0 Å². The highest BCUT2D eigenvalue weighted by Gasteiger charge is 2.26. The Morgan fingerprint density at radius 2 is 2.09 bits per heavy atom. The molecule has 3 aromatic rings. The molecule has 1 N–H and O–H groups in total. The number of hydrogen-bond donors (Lipinski definition) is 1. The largest absolute Gasteiger partial charge is 0.487 e. The fourth-order valence-corrected chi connectivity index (χ4v) is 4.36. The first-order valence-electron chi connectivity index (χ1n) is 11.0. The molecule has 0 spiro atoms. The number of amides is 2. The number of nitrogens with one attached hydrogen (secondary N) is 1. The zero-order valence-corrected chi connectivity index (χ0v) is 20.3. The first kappa shape index (κ1) is 23.9. The van der Waals surface area contributed by atoms with Gasteiger partial charge in [-0.05, 0) is 55.7 Å². The smallest absolute Gasteiger partial charge is 0.246 e. The van der Waals surface area contributed by atoms with Crippen molar-refractivity contribution in [2.75, 3.05) is 18.4 Å². The van der Waals surface area contributed by atoms with Gasteiger partial charge in [-0.1, -0.05) is 23.7 Å². The Kier molecular flexibility index (Phi) is 7.92. The van der Waals surface area contributed by atoms with Crippen LogP contribution in [0, 0.1) is 12.8 Å². The number of thiazole rings is 1. The zero-order chi connectivity index (χ0) is 23.9. The molecule has 7 nitrogen and oxygen atoms in total. The van der Waals surface area contributed by atoms with Crippen molar-refractivity contribution in [3.05, 3.63) is 75.3 Å². The number of hydrogen-bond acceptors (Lipinski definition) is 6. The predicted octanol–water partition coefficient (Wildman–Crippen LogP) is 4.97. The summed E-state index contributed by atoms with van der Waals surface area (Å²) in [4.78, 5) is 35.4. The summed E-state index contributed by atoms with van der Waals surface area (Å²) in [6, 6.07) is 10.9. The van der Waals surface area contributed by atoms with Crippen molar-refractivity contribution in [3.8, 4) is 5.75 Å². The number of likely N-dealkylation sites (tertiary alicyclic amines) is 1. The molecular formula is C25H25ClN4O3S. The number of aryl methyl sites for hydroxylation is 1. The standard InChI is InChI=1S/C25H25ClN4O3S/c1-17-28-21(16-34-17)15-33-22-4-2-3-18(13-22)5-8-24(31)30-11-9-19(10-12-30)25(32)29-23-7-6-20(26)14-27-23/h2-8,13-14,16,19H,9-12,15H2,1H3,(H,27,29,32). The molecule has 0 atom stereocenters. The van der Waals surface area contributed by atoms with Crippen LogP contribution in [0.4, 0.5) is 5.82 Å². The maximum atomic E-state index is 12.6. The molecule has 2 amide bonds. The molecule has 2 aromatic heterocycles. The van der Waals surface area contributed by atoms with Crippen LogP contribution in [0.1, 0.15) is 29.1 Å². The van der Waals surface area contributed by atoms with E-state index in [1.54, 1.807) is 40.5 Å². The molecule has 1 saturated heterocycles. The minimum atomic E-state index is -0.152. The van der Waals surface area contributed by atoms with Gasteiger partial charge in [-0.2, -0.15) is 0 Å². The lowest BCUT2D eigenvalue weighted by atomic mass is 9.96. The molecular weight excluding hydrogens is 472 g/mol. The zero-order valence-electron chi connectivity index (χ0n) is 18.7. The molecule has 3 heterocycles. The van der Waals surface area contributed by atoms with Crippen LogP contribution >= 0.6 is 22.9 Å². The van der Waals surface area contributed by atoms with Gasteiger partial charge in [0.1, 0.15) is 18.2 Å². The summed E-state index contributed by atoms with van der Waals surface area (Å²) in [6.45, 7) is 3.44. The van der Waals surface area contributed by atoms with Crippen LogP contribution in [-0.2, 0) is 16.2 Å². The summed E-state index contributed by atoms with van der Waals surface area (Å²) >= 11 is 7.42. The molecule has 34 heavy (non-hydrogen) atoms. The molecule has 4 rings (SSSR count). The van der Waals surface area contributed by atoms with E-state index >= 15 is 0 Å². The van der Waals surface area contributed by atoms with Gasteiger partial charge >= 0.3 is 0 Å². The number of piperidine rings is 1.